The van der Waals surface area contributed by atoms with E-state index in [9.17, 15) is 19.5 Å². The lowest BCUT2D eigenvalue weighted by Gasteiger charge is -2.21. The first-order chi connectivity index (χ1) is 15.3. The Labute approximate surface area is 185 Å². The Hall–Kier alpha value is -3.39. The molecule has 0 radical (unpaired) electrons. The van der Waals surface area contributed by atoms with Gasteiger partial charge in [0.25, 0.3) is 0 Å². The summed E-state index contributed by atoms with van der Waals surface area (Å²) in [4.78, 5) is 35.9. The van der Waals surface area contributed by atoms with E-state index < -0.39 is 35.7 Å². The molecule has 4 rings (SSSR count). The number of carboxylic acid groups (broad SMARTS) is 1. The second kappa shape index (κ2) is 8.63. The number of hydrogen-bond acceptors (Lipinski definition) is 5. The molecular formula is C24H26N2O6. The smallest absolute Gasteiger partial charge is 0.407 e. The molecule has 1 fully saturated rings. The molecule has 0 spiro atoms. The minimum absolute atomic E-state index is 0.0611. The van der Waals surface area contributed by atoms with E-state index in [2.05, 4.69) is 22.8 Å². The highest BCUT2D eigenvalue weighted by atomic mass is 16.5. The van der Waals surface area contributed by atoms with Crippen LogP contribution in [0.4, 0.5) is 4.79 Å². The first-order valence-electron chi connectivity index (χ1n) is 10.6. The third kappa shape index (κ3) is 4.45. The van der Waals surface area contributed by atoms with Crippen molar-refractivity contribution >= 4 is 18.0 Å². The predicted octanol–water partition coefficient (Wildman–Crippen LogP) is 2.40. The summed E-state index contributed by atoms with van der Waals surface area (Å²) in [5.41, 5.74) is 3.76. The summed E-state index contributed by atoms with van der Waals surface area (Å²) in [5, 5.41) is 23.7. The highest BCUT2D eigenvalue weighted by Gasteiger charge is 2.47. The first kappa shape index (κ1) is 21.8. The van der Waals surface area contributed by atoms with Gasteiger partial charge in [0.1, 0.15) is 6.61 Å². The number of fused-ring (bicyclic) bond motifs is 3. The minimum atomic E-state index is -1.40. The van der Waals surface area contributed by atoms with E-state index in [1.165, 1.54) is 6.92 Å². The third-order valence-electron chi connectivity index (χ3n) is 6.13. The fourth-order valence-corrected chi connectivity index (χ4v) is 4.27. The Bertz CT molecular complexity index is 1000. The number of rotatable bonds is 8. The van der Waals surface area contributed by atoms with Crippen molar-refractivity contribution in [2.45, 2.75) is 49.8 Å². The molecule has 168 valence electrons. The van der Waals surface area contributed by atoms with E-state index in [0.29, 0.717) is 12.8 Å². The summed E-state index contributed by atoms with van der Waals surface area (Å²) < 4.78 is 5.54. The van der Waals surface area contributed by atoms with E-state index in [-0.39, 0.29) is 18.9 Å². The van der Waals surface area contributed by atoms with Crippen LogP contribution in [0.3, 0.4) is 0 Å². The molecule has 2 atom stereocenters. The van der Waals surface area contributed by atoms with Crippen LogP contribution in [0.1, 0.15) is 43.2 Å². The summed E-state index contributed by atoms with van der Waals surface area (Å²) in [6, 6.07) is 14.7. The maximum absolute atomic E-state index is 12.5. The van der Waals surface area contributed by atoms with Gasteiger partial charge in [0.2, 0.25) is 5.91 Å². The third-order valence-corrected chi connectivity index (χ3v) is 6.13. The van der Waals surface area contributed by atoms with Gasteiger partial charge in [-0.1, -0.05) is 48.5 Å². The van der Waals surface area contributed by atoms with Gasteiger partial charge in [-0.05, 0) is 42.0 Å². The molecule has 4 N–H and O–H groups in total. The molecule has 8 heteroatoms. The molecule has 2 aliphatic rings. The van der Waals surface area contributed by atoms with Gasteiger partial charge in [0.15, 0.2) is 6.04 Å². The Morgan fingerprint density at radius 3 is 2.12 bits per heavy atom. The number of carbonyl (C=O) groups is 3. The fourth-order valence-electron chi connectivity index (χ4n) is 4.27. The fraction of sp³-hybridized carbons (Fsp3) is 0.375. The van der Waals surface area contributed by atoms with Crippen molar-refractivity contribution in [1.82, 2.24) is 10.6 Å². The largest absolute Gasteiger partial charge is 0.480 e. The Balaban J connectivity index is 1.35. The number of benzene rings is 2. The number of alkyl carbamates (subject to hydrolysis) is 1. The second-order valence-electron chi connectivity index (χ2n) is 8.53. The number of carbonyl (C=O) groups excluding carboxylic acids is 2. The standard InChI is InChI=1S/C24H26N2O6/c1-14(27)21(22(29)30)25-20(28)12-24(10-11-24)26-23(31)32-13-19-17-8-4-2-6-15(17)16-7-3-5-9-18(16)19/h2-9,14,19,21,27H,10-13H2,1H3,(H,25,28)(H,26,31)(H,29,30). The number of hydrogen-bond donors (Lipinski definition) is 4. The second-order valence-corrected chi connectivity index (χ2v) is 8.53. The van der Waals surface area contributed by atoms with Crippen molar-refractivity contribution in [2.24, 2.45) is 0 Å². The Morgan fingerprint density at radius 1 is 1.06 bits per heavy atom. The topological polar surface area (TPSA) is 125 Å². The van der Waals surface area contributed by atoms with Gasteiger partial charge in [-0.3, -0.25) is 4.79 Å². The summed E-state index contributed by atoms with van der Waals surface area (Å²) in [7, 11) is 0. The van der Waals surface area contributed by atoms with Crippen LogP contribution >= 0.6 is 0 Å². The molecule has 2 aromatic rings. The lowest BCUT2D eigenvalue weighted by molar-refractivity contribution is -0.144. The van der Waals surface area contributed by atoms with E-state index in [1.807, 2.05) is 36.4 Å². The van der Waals surface area contributed by atoms with E-state index in [4.69, 9.17) is 9.84 Å². The van der Waals surface area contributed by atoms with Crippen LogP contribution in [0.2, 0.25) is 0 Å². The maximum atomic E-state index is 12.5. The molecule has 0 aromatic heterocycles. The number of aliphatic hydroxyl groups excluding tert-OH is 1. The van der Waals surface area contributed by atoms with Gasteiger partial charge in [-0.15, -0.1) is 0 Å². The van der Waals surface area contributed by atoms with Crippen molar-refractivity contribution in [3.05, 3.63) is 59.7 Å². The quantitative estimate of drug-likeness (QED) is 0.502. The van der Waals surface area contributed by atoms with Crippen molar-refractivity contribution in [3.8, 4) is 11.1 Å². The number of ether oxygens (including phenoxy) is 1. The normalized spacial score (nSPS) is 17.4. The van der Waals surface area contributed by atoms with Gasteiger partial charge in [0, 0.05) is 12.3 Å². The molecule has 0 heterocycles. The summed E-state index contributed by atoms with van der Waals surface area (Å²) >= 11 is 0. The zero-order chi connectivity index (χ0) is 22.9. The van der Waals surface area contributed by atoms with Crippen molar-refractivity contribution in [1.29, 1.82) is 0 Å². The SMILES string of the molecule is CC(O)C(NC(=O)CC1(NC(=O)OCC2c3ccccc3-c3ccccc32)CC1)C(=O)O. The van der Waals surface area contributed by atoms with Crippen LogP contribution in [-0.2, 0) is 14.3 Å². The molecular weight excluding hydrogens is 412 g/mol. The highest BCUT2D eigenvalue weighted by molar-refractivity contribution is 5.85. The van der Waals surface area contributed by atoms with Crippen LogP contribution in [-0.4, -0.2) is 52.5 Å². The number of nitrogens with one attached hydrogen (secondary N) is 2. The lowest BCUT2D eigenvalue weighted by atomic mass is 9.98. The molecule has 1 saturated carbocycles. The van der Waals surface area contributed by atoms with Crippen molar-refractivity contribution in [2.75, 3.05) is 6.61 Å². The van der Waals surface area contributed by atoms with Gasteiger partial charge < -0.3 is 25.6 Å². The lowest BCUT2D eigenvalue weighted by Crippen LogP contribution is -2.50. The minimum Gasteiger partial charge on any atom is -0.480 e. The zero-order valence-electron chi connectivity index (χ0n) is 17.7. The molecule has 32 heavy (non-hydrogen) atoms. The van der Waals surface area contributed by atoms with Crippen LogP contribution in [0.5, 0.6) is 0 Å². The van der Waals surface area contributed by atoms with Crippen LogP contribution in [0, 0.1) is 0 Å². The molecule has 0 aliphatic heterocycles. The molecule has 2 unspecified atom stereocenters. The van der Waals surface area contributed by atoms with Crippen LogP contribution in [0.15, 0.2) is 48.5 Å². The number of aliphatic hydroxyl groups is 1. The molecule has 0 saturated heterocycles. The highest BCUT2D eigenvalue weighted by Crippen LogP contribution is 2.44. The summed E-state index contributed by atoms with van der Waals surface area (Å²) in [6.45, 7) is 1.46. The van der Waals surface area contributed by atoms with E-state index in [0.717, 1.165) is 22.3 Å². The average Bonchev–Trinajstić information content (AvgIpc) is 3.42. The number of carboxylic acids is 1. The Morgan fingerprint density at radius 2 is 1.62 bits per heavy atom. The summed E-state index contributed by atoms with van der Waals surface area (Å²) in [6.07, 6.45) is -0.731. The summed E-state index contributed by atoms with van der Waals surface area (Å²) in [5.74, 6) is -1.92. The van der Waals surface area contributed by atoms with Crippen LogP contribution < -0.4 is 10.6 Å². The first-order valence-corrected chi connectivity index (χ1v) is 10.6. The number of amides is 2. The van der Waals surface area contributed by atoms with Crippen molar-refractivity contribution in [3.63, 3.8) is 0 Å². The maximum Gasteiger partial charge on any atom is 0.407 e. The van der Waals surface area contributed by atoms with Crippen LogP contribution in [0.25, 0.3) is 11.1 Å². The molecule has 0 bridgehead atoms. The van der Waals surface area contributed by atoms with E-state index in [1.54, 1.807) is 0 Å². The number of aliphatic carboxylic acids is 1. The van der Waals surface area contributed by atoms with Gasteiger partial charge in [-0.25, -0.2) is 9.59 Å². The molecule has 2 aliphatic carbocycles. The molecule has 8 nitrogen and oxygen atoms in total. The van der Waals surface area contributed by atoms with Gasteiger partial charge in [-0.2, -0.15) is 0 Å². The zero-order valence-corrected chi connectivity index (χ0v) is 17.7. The monoisotopic (exact) mass is 438 g/mol. The van der Waals surface area contributed by atoms with E-state index >= 15 is 0 Å². The molecule has 2 amide bonds. The molecule has 2 aromatic carbocycles. The Kier molecular flexibility index (Phi) is 5.88. The average molecular weight is 438 g/mol. The predicted molar refractivity (Wildman–Crippen MR) is 116 cm³/mol. The van der Waals surface area contributed by atoms with Gasteiger partial charge in [0.05, 0.1) is 11.6 Å². The van der Waals surface area contributed by atoms with Gasteiger partial charge >= 0.3 is 12.1 Å². The van der Waals surface area contributed by atoms with Crippen molar-refractivity contribution < 1.29 is 29.3 Å².